The smallest absolute Gasteiger partial charge is 0.259 e. The van der Waals surface area contributed by atoms with Crippen molar-refractivity contribution in [3.05, 3.63) is 59.9 Å². The Morgan fingerprint density at radius 1 is 1.33 bits per heavy atom. The molecular formula is C19H19FN6O. The van der Waals surface area contributed by atoms with E-state index in [2.05, 4.69) is 25.7 Å². The molecule has 1 fully saturated rings. The topological polar surface area (TPSA) is 84.7 Å². The lowest BCUT2D eigenvalue weighted by atomic mass is 10.1. The van der Waals surface area contributed by atoms with E-state index in [0.717, 1.165) is 19.4 Å². The van der Waals surface area contributed by atoms with Gasteiger partial charge in [0.2, 0.25) is 5.95 Å². The van der Waals surface area contributed by atoms with Crippen LogP contribution in [0.25, 0.3) is 11.1 Å². The zero-order valence-electron chi connectivity index (χ0n) is 14.8. The summed E-state index contributed by atoms with van der Waals surface area (Å²) in [6.45, 7) is 0.944. The third-order valence-electron chi connectivity index (χ3n) is 4.56. The number of amides is 1. The van der Waals surface area contributed by atoms with Gasteiger partial charge in [-0.3, -0.25) is 15.1 Å². The van der Waals surface area contributed by atoms with Gasteiger partial charge in [-0.05, 0) is 31.5 Å². The zero-order chi connectivity index (χ0) is 18.8. The van der Waals surface area contributed by atoms with E-state index in [1.54, 1.807) is 36.0 Å². The molecule has 138 valence electrons. The Bertz CT molecular complexity index is 980. The summed E-state index contributed by atoms with van der Waals surface area (Å²) in [5.74, 6) is 0.296. The van der Waals surface area contributed by atoms with Gasteiger partial charge in [0.15, 0.2) is 5.82 Å². The first-order chi connectivity index (χ1) is 13.1. The fourth-order valence-electron chi connectivity index (χ4n) is 3.15. The zero-order valence-corrected chi connectivity index (χ0v) is 14.8. The number of nitrogens with zero attached hydrogens (tertiary/aromatic N) is 4. The second-order valence-corrected chi connectivity index (χ2v) is 6.46. The molecule has 0 unspecified atom stereocenters. The minimum Gasteiger partial charge on any atom is -0.307 e. The summed E-state index contributed by atoms with van der Waals surface area (Å²) < 4.78 is 15.5. The maximum Gasteiger partial charge on any atom is 0.259 e. The van der Waals surface area contributed by atoms with Gasteiger partial charge in [-0.25, -0.2) is 9.07 Å². The second-order valence-electron chi connectivity index (χ2n) is 6.46. The van der Waals surface area contributed by atoms with Crippen molar-refractivity contribution in [1.29, 1.82) is 0 Å². The third kappa shape index (κ3) is 3.56. The highest BCUT2D eigenvalue weighted by Crippen LogP contribution is 2.23. The molecule has 3 heterocycles. The summed E-state index contributed by atoms with van der Waals surface area (Å²) in [6.07, 6.45) is 5.03. The van der Waals surface area contributed by atoms with Crippen molar-refractivity contribution in [3.8, 4) is 11.1 Å². The van der Waals surface area contributed by atoms with E-state index in [-0.39, 0.29) is 17.8 Å². The lowest BCUT2D eigenvalue weighted by molar-refractivity contribution is 0.102. The molecular weight excluding hydrogens is 347 g/mol. The van der Waals surface area contributed by atoms with Gasteiger partial charge < -0.3 is 5.32 Å². The number of aryl methyl sites for hydroxylation is 1. The number of carbonyl (C=O) groups excluding carboxylic acids is 1. The summed E-state index contributed by atoms with van der Waals surface area (Å²) in [4.78, 5) is 21.1. The monoisotopic (exact) mass is 366 g/mol. The van der Waals surface area contributed by atoms with Crippen molar-refractivity contribution in [3.63, 3.8) is 0 Å². The lowest BCUT2D eigenvalue weighted by Gasteiger charge is -2.06. The van der Waals surface area contributed by atoms with E-state index in [9.17, 15) is 9.18 Å². The molecule has 1 atom stereocenters. The van der Waals surface area contributed by atoms with Gasteiger partial charge in [0.25, 0.3) is 5.91 Å². The molecule has 3 aromatic rings. The first-order valence-corrected chi connectivity index (χ1v) is 8.77. The number of halogens is 1. The van der Waals surface area contributed by atoms with Crippen molar-refractivity contribution >= 4 is 11.9 Å². The minimum absolute atomic E-state index is 0.118. The van der Waals surface area contributed by atoms with Crippen LogP contribution in [0.2, 0.25) is 0 Å². The predicted molar refractivity (Wildman–Crippen MR) is 98.6 cm³/mol. The number of pyridine rings is 1. The van der Waals surface area contributed by atoms with Crippen molar-refractivity contribution in [2.75, 3.05) is 11.9 Å². The molecule has 1 aliphatic heterocycles. The van der Waals surface area contributed by atoms with Gasteiger partial charge in [0.05, 0.1) is 11.6 Å². The van der Waals surface area contributed by atoms with Crippen LogP contribution in [0.1, 0.15) is 35.1 Å². The summed E-state index contributed by atoms with van der Waals surface area (Å²) in [7, 11) is 1.73. The van der Waals surface area contributed by atoms with E-state index in [1.807, 2.05) is 0 Å². The van der Waals surface area contributed by atoms with Crippen LogP contribution in [-0.2, 0) is 7.05 Å². The molecule has 1 saturated heterocycles. The van der Waals surface area contributed by atoms with Crippen molar-refractivity contribution in [1.82, 2.24) is 25.1 Å². The van der Waals surface area contributed by atoms with Crippen molar-refractivity contribution in [2.24, 2.45) is 7.05 Å². The van der Waals surface area contributed by atoms with Crippen LogP contribution >= 0.6 is 0 Å². The highest BCUT2D eigenvalue weighted by atomic mass is 19.1. The molecule has 0 saturated carbocycles. The van der Waals surface area contributed by atoms with Crippen LogP contribution in [0, 0.1) is 5.82 Å². The Kier molecular flexibility index (Phi) is 4.64. The highest BCUT2D eigenvalue weighted by molar-refractivity contribution is 6.03. The maximum absolute atomic E-state index is 14.0. The molecule has 1 amide bonds. The number of rotatable bonds is 4. The summed E-state index contributed by atoms with van der Waals surface area (Å²) >= 11 is 0. The van der Waals surface area contributed by atoms with E-state index < -0.39 is 0 Å². The molecule has 2 aromatic heterocycles. The first kappa shape index (κ1) is 17.3. The molecule has 8 heteroatoms. The molecule has 0 bridgehead atoms. The van der Waals surface area contributed by atoms with Crippen LogP contribution in [0.3, 0.4) is 0 Å². The van der Waals surface area contributed by atoms with Gasteiger partial charge >= 0.3 is 0 Å². The standard InChI is InChI=1S/C19H19FN6O/c1-26-19(23-17(25-26)16-7-4-8-22-16)24-18(27)13-9-12(10-21-11-13)14-5-2-3-6-15(14)20/h2-3,5-6,9-11,16,22H,4,7-8H2,1H3,(H,23,24,25,27)/t16-/m1/s1. The average molecular weight is 366 g/mol. The third-order valence-corrected chi connectivity index (χ3v) is 4.56. The highest BCUT2D eigenvalue weighted by Gasteiger charge is 2.22. The molecule has 27 heavy (non-hydrogen) atoms. The Morgan fingerprint density at radius 2 is 2.19 bits per heavy atom. The van der Waals surface area contributed by atoms with Crippen molar-refractivity contribution in [2.45, 2.75) is 18.9 Å². The molecule has 1 aromatic carbocycles. The van der Waals surface area contributed by atoms with Gasteiger partial charge in [-0.1, -0.05) is 18.2 Å². The van der Waals surface area contributed by atoms with Gasteiger partial charge in [0.1, 0.15) is 5.82 Å². The Hall–Kier alpha value is -3.13. The van der Waals surface area contributed by atoms with E-state index in [1.165, 1.54) is 18.5 Å². The van der Waals surface area contributed by atoms with E-state index in [0.29, 0.717) is 28.5 Å². The fourth-order valence-corrected chi connectivity index (χ4v) is 3.15. The second kappa shape index (κ2) is 7.24. The molecule has 0 radical (unpaired) electrons. The Balaban J connectivity index is 1.55. The van der Waals surface area contributed by atoms with Crippen LogP contribution in [-0.4, -0.2) is 32.2 Å². The first-order valence-electron chi connectivity index (χ1n) is 8.77. The van der Waals surface area contributed by atoms with Crippen LogP contribution in [0.4, 0.5) is 10.3 Å². The maximum atomic E-state index is 14.0. The van der Waals surface area contributed by atoms with Crippen molar-refractivity contribution < 1.29 is 9.18 Å². The van der Waals surface area contributed by atoms with Crippen LogP contribution < -0.4 is 10.6 Å². The lowest BCUT2D eigenvalue weighted by Crippen LogP contribution is -2.16. The number of aromatic nitrogens is 4. The van der Waals surface area contributed by atoms with E-state index in [4.69, 9.17) is 0 Å². The molecule has 2 N–H and O–H groups in total. The molecule has 0 spiro atoms. The normalized spacial score (nSPS) is 16.4. The SMILES string of the molecule is Cn1nc([C@H]2CCCN2)nc1NC(=O)c1cncc(-c2ccccc2F)c1. The number of nitrogens with one attached hydrogen (secondary N) is 2. The van der Waals surface area contributed by atoms with Crippen LogP contribution in [0.15, 0.2) is 42.7 Å². The number of hydrogen-bond acceptors (Lipinski definition) is 5. The number of carbonyl (C=O) groups is 1. The quantitative estimate of drug-likeness (QED) is 0.742. The largest absolute Gasteiger partial charge is 0.307 e. The molecule has 1 aliphatic rings. The molecule has 7 nitrogen and oxygen atoms in total. The minimum atomic E-state index is -0.373. The summed E-state index contributed by atoms with van der Waals surface area (Å²) in [5.41, 5.74) is 1.25. The number of hydrogen-bond donors (Lipinski definition) is 2. The molecule has 0 aliphatic carbocycles. The van der Waals surface area contributed by atoms with Crippen LogP contribution in [0.5, 0.6) is 0 Å². The van der Waals surface area contributed by atoms with Gasteiger partial charge in [-0.2, -0.15) is 10.1 Å². The predicted octanol–water partition coefficient (Wildman–Crippen LogP) is 2.69. The van der Waals surface area contributed by atoms with Gasteiger partial charge in [-0.15, -0.1) is 0 Å². The van der Waals surface area contributed by atoms with E-state index >= 15 is 0 Å². The Labute approximate surface area is 155 Å². The summed E-state index contributed by atoms with van der Waals surface area (Å²) in [5, 5.41) is 10.5. The van der Waals surface area contributed by atoms with Gasteiger partial charge in [0, 0.05) is 30.6 Å². The number of benzene rings is 1. The number of anilines is 1. The summed E-state index contributed by atoms with van der Waals surface area (Å²) in [6, 6.07) is 8.11. The fraction of sp³-hybridized carbons (Fsp3) is 0.263. The average Bonchev–Trinajstić information content (AvgIpc) is 3.33. The Morgan fingerprint density at radius 3 is 2.96 bits per heavy atom. The molecule has 4 rings (SSSR count).